The van der Waals surface area contributed by atoms with Gasteiger partial charge in [-0.1, -0.05) is 24.6 Å². The van der Waals surface area contributed by atoms with Crippen molar-refractivity contribution in [2.24, 2.45) is 7.05 Å². The summed E-state index contributed by atoms with van der Waals surface area (Å²) in [6.07, 6.45) is 1.70. The summed E-state index contributed by atoms with van der Waals surface area (Å²) in [5, 5.41) is 2.80. The lowest BCUT2D eigenvalue weighted by molar-refractivity contribution is 0.264. The van der Waals surface area contributed by atoms with E-state index >= 15 is 0 Å². The molecule has 0 radical (unpaired) electrons. The Morgan fingerprint density at radius 2 is 2.29 bits per heavy atom. The molecular formula is C12H16ClN3S. The van der Waals surface area contributed by atoms with Gasteiger partial charge in [-0.25, -0.2) is 4.98 Å². The first-order valence-corrected chi connectivity index (χ1v) is 6.87. The van der Waals surface area contributed by atoms with Gasteiger partial charge in [0.1, 0.15) is 11.0 Å². The molecule has 2 heterocycles. The number of halogens is 1. The van der Waals surface area contributed by atoms with Crippen LogP contribution in [0.5, 0.6) is 0 Å². The fraction of sp³-hybridized carbons (Fsp3) is 0.417. The Labute approximate surface area is 111 Å². The summed E-state index contributed by atoms with van der Waals surface area (Å²) in [6.45, 7) is 4.97. The highest BCUT2D eigenvalue weighted by Crippen LogP contribution is 2.15. The van der Waals surface area contributed by atoms with Crippen molar-refractivity contribution in [3.63, 3.8) is 0 Å². The fourth-order valence-electron chi connectivity index (χ4n) is 1.67. The van der Waals surface area contributed by atoms with Crippen LogP contribution in [0.25, 0.3) is 0 Å². The third kappa shape index (κ3) is 3.09. The average molecular weight is 270 g/mol. The number of aromatic nitrogens is 2. The molecule has 92 valence electrons. The highest BCUT2D eigenvalue weighted by molar-refractivity contribution is 7.09. The SMILES string of the molecule is CCN(Cc1cccs1)Cc1ncc(Cl)n1C. The standard InChI is InChI=1S/C12H16ClN3S/c1-3-16(8-10-5-4-6-17-10)9-12-14-7-11(13)15(12)2/h4-7H,3,8-9H2,1-2H3. The van der Waals surface area contributed by atoms with Gasteiger partial charge in [-0.3, -0.25) is 4.90 Å². The molecule has 2 aromatic rings. The lowest BCUT2D eigenvalue weighted by Gasteiger charge is -2.19. The third-order valence-electron chi connectivity index (χ3n) is 2.80. The maximum atomic E-state index is 5.98. The molecule has 0 N–H and O–H groups in total. The first-order valence-electron chi connectivity index (χ1n) is 5.61. The minimum absolute atomic E-state index is 0.687. The van der Waals surface area contributed by atoms with E-state index in [4.69, 9.17) is 11.6 Å². The van der Waals surface area contributed by atoms with Gasteiger partial charge in [0.15, 0.2) is 0 Å². The highest BCUT2D eigenvalue weighted by atomic mass is 35.5. The van der Waals surface area contributed by atoms with Crippen molar-refractivity contribution in [2.75, 3.05) is 6.54 Å². The van der Waals surface area contributed by atoms with Crippen LogP contribution < -0.4 is 0 Å². The molecule has 2 rings (SSSR count). The Morgan fingerprint density at radius 1 is 1.47 bits per heavy atom. The van der Waals surface area contributed by atoms with Gasteiger partial charge in [0.25, 0.3) is 0 Å². The Kier molecular flexibility index (Phi) is 4.20. The molecule has 0 spiro atoms. The number of rotatable bonds is 5. The van der Waals surface area contributed by atoms with Gasteiger partial charge >= 0.3 is 0 Å². The van der Waals surface area contributed by atoms with Gasteiger partial charge in [-0.15, -0.1) is 11.3 Å². The topological polar surface area (TPSA) is 21.1 Å². The lowest BCUT2D eigenvalue weighted by atomic mass is 10.4. The van der Waals surface area contributed by atoms with E-state index in [1.165, 1.54) is 4.88 Å². The van der Waals surface area contributed by atoms with Crippen LogP contribution in [0.4, 0.5) is 0 Å². The van der Waals surface area contributed by atoms with Crippen molar-refractivity contribution in [2.45, 2.75) is 20.0 Å². The molecule has 0 fully saturated rings. The summed E-state index contributed by atoms with van der Waals surface area (Å²) in [5.41, 5.74) is 0. The zero-order chi connectivity index (χ0) is 12.3. The van der Waals surface area contributed by atoms with E-state index in [0.717, 1.165) is 25.5 Å². The summed E-state index contributed by atoms with van der Waals surface area (Å²) >= 11 is 7.77. The molecule has 5 heteroatoms. The summed E-state index contributed by atoms with van der Waals surface area (Å²) in [7, 11) is 1.95. The third-order valence-corrected chi connectivity index (χ3v) is 4.01. The summed E-state index contributed by atoms with van der Waals surface area (Å²) in [6, 6.07) is 4.25. The summed E-state index contributed by atoms with van der Waals surface area (Å²) in [4.78, 5) is 8.06. The smallest absolute Gasteiger partial charge is 0.128 e. The van der Waals surface area contributed by atoms with Crippen molar-refractivity contribution in [1.82, 2.24) is 14.5 Å². The van der Waals surface area contributed by atoms with Crippen LogP contribution in [0, 0.1) is 0 Å². The van der Waals surface area contributed by atoms with Crippen LogP contribution in [-0.2, 0) is 20.1 Å². The first-order chi connectivity index (χ1) is 8.20. The zero-order valence-corrected chi connectivity index (χ0v) is 11.6. The van der Waals surface area contributed by atoms with Crippen LogP contribution in [0.1, 0.15) is 17.6 Å². The highest BCUT2D eigenvalue weighted by Gasteiger charge is 2.10. The van der Waals surface area contributed by atoms with Crippen LogP contribution in [0.2, 0.25) is 5.15 Å². The minimum Gasteiger partial charge on any atom is -0.321 e. The second-order valence-electron chi connectivity index (χ2n) is 3.94. The molecule has 3 nitrogen and oxygen atoms in total. The normalized spacial score (nSPS) is 11.3. The molecule has 2 aromatic heterocycles. The molecule has 0 aliphatic rings. The van der Waals surface area contributed by atoms with Crippen molar-refractivity contribution in [1.29, 1.82) is 0 Å². The van der Waals surface area contributed by atoms with Crippen molar-refractivity contribution >= 4 is 22.9 Å². The number of hydrogen-bond donors (Lipinski definition) is 0. The number of hydrogen-bond acceptors (Lipinski definition) is 3. The minimum atomic E-state index is 0.687. The molecule has 0 aliphatic carbocycles. The van der Waals surface area contributed by atoms with Crippen molar-refractivity contribution in [3.05, 3.63) is 39.6 Å². The van der Waals surface area contributed by atoms with E-state index in [1.807, 2.05) is 11.6 Å². The zero-order valence-electron chi connectivity index (χ0n) is 10.1. The second-order valence-corrected chi connectivity index (χ2v) is 5.36. The Bertz CT molecular complexity index is 464. The molecule has 17 heavy (non-hydrogen) atoms. The molecule has 0 amide bonds. The lowest BCUT2D eigenvalue weighted by Crippen LogP contribution is -2.23. The molecule has 0 aromatic carbocycles. The van der Waals surface area contributed by atoms with Gasteiger partial charge in [0, 0.05) is 18.5 Å². The van der Waals surface area contributed by atoms with Crippen molar-refractivity contribution in [3.8, 4) is 0 Å². The molecule has 0 unspecified atom stereocenters. The van der Waals surface area contributed by atoms with E-state index in [-0.39, 0.29) is 0 Å². The molecule has 0 atom stereocenters. The van der Waals surface area contributed by atoms with Gasteiger partial charge in [-0.05, 0) is 18.0 Å². The molecule has 0 aliphatic heterocycles. The Hall–Kier alpha value is -0.840. The van der Waals surface area contributed by atoms with E-state index in [9.17, 15) is 0 Å². The predicted molar refractivity (Wildman–Crippen MR) is 72.3 cm³/mol. The number of nitrogens with zero attached hydrogens (tertiary/aromatic N) is 3. The predicted octanol–water partition coefficient (Wildman–Crippen LogP) is 3.16. The average Bonchev–Trinajstić information content (AvgIpc) is 2.93. The number of thiophene rings is 1. The quantitative estimate of drug-likeness (QED) is 0.831. The van der Waals surface area contributed by atoms with Crippen LogP contribution in [0.3, 0.4) is 0 Å². The van der Waals surface area contributed by atoms with Crippen LogP contribution in [0.15, 0.2) is 23.7 Å². The van der Waals surface area contributed by atoms with Crippen molar-refractivity contribution < 1.29 is 0 Å². The van der Waals surface area contributed by atoms with Crippen LogP contribution in [-0.4, -0.2) is 21.0 Å². The molecule has 0 bridgehead atoms. The van der Waals surface area contributed by atoms with E-state index in [2.05, 4.69) is 34.3 Å². The molecule has 0 saturated carbocycles. The summed E-state index contributed by atoms with van der Waals surface area (Å²) in [5.74, 6) is 1.01. The summed E-state index contributed by atoms with van der Waals surface area (Å²) < 4.78 is 1.93. The van der Waals surface area contributed by atoms with Gasteiger partial charge in [0.05, 0.1) is 12.7 Å². The molecular weight excluding hydrogens is 254 g/mol. The van der Waals surface area contributed by atoms with Gasteiger partial charge in [-0.2, -0.15) is 0 Å². The number of imidazole rings is 1. The monoisotopic (exact) mass is 269 g/mol. The maximum Gasteiger partial charge on any atom is 0.128 e. The van der Waals surface area contributed by atoms with E-state index < -0.39 is 0 Å². The van der Waals surface area contributed by atoms with E-state index in [0.29, 0.717) is 5.15 Å². The van der Waals surface area contributed by atoms with Crippen LogP contribution >= 0.6 is 22.9 Å². The van der Waals surface area contributed by atoms with Gasteiger partial charge < -0.3 is 4.57 Å². The second kappa shape index (κ2) is 5.67. The first kappa shape index (κ1) is 12.6. The molecule has 0 saturated heterocycles. The Morgan fingerprint density at radius 3 is 2.82 bits per heavy atom. The van der Waals surface area contributed by atoms with E-state index in [1.54, 1.807) is 17.5 Å². The maximum absolute atomic E-state index is 5.98. The largest absolute Gasteiger partial charge is 0.321 e. The Balaban J connectivity index is 2.02. The fourth-order valence-corrected chi connectivity index (χ4v) is 2.57. The van der Waals surface area contributed by atoms with Gasteiger partial charge in [0.2, 0.25) is 0 Å².